The van der Waals surface area contributed by atoms with Gasteiger partial charge in [0.25, 0.3) is 0 Å². The van der Waals surface area contributed by atoms with Gasteiger partial charge in [0.05, 0.1) is 7.85 Å². The fourth-order valence-corrected chi connectivity index (χ4v) is 2.12. The lowest BCUT2D eigenvalue weighted by atomic mass is 9.70. The van der Waals surface area contributed by atoms with Crippen LogP contribution in [0.1, 0.15) is 53.9 Å². The van der Waals surface area contributed by atoms with Crippen LogP contribution in [0.2, 0.25) is 5.82 Å². The van der Waals surface area contributed by atoms with Crippen LogP contribution in [0.25, 0.3) is 0 Å². The lowest BCUT2D eigenvalue weighted by Gasteiger charge is -2.23. The molecule has 0 N–H and O–H groups in total. The Bertz CT molecular complexity index is 172. The number of allylic oxidation sites excluding steroid dienone is 2. The molecule has 0 bridgehead atoms. The van der Waals surface area contributed by atoms with Crippen molar-refractivity contribution in [2.45, 2.75) is 59.7 Å². The molecule has 0 fully saturated rings. The average molecular weight is 206 g/mol. The predicted octanol–water partition coefficient (Wildman–Crippen LogP) is 4.62. The highest BCUT2D eigenvalue weighted by Gasteiger charge is 2.14. The highest BCUT2D eigenvalue weighted by molar-refractivity contribution is 6.11. The van der Waals surface area contributed by atoms with Crippen LogP contribution < -0.4 is 0 Å². The molecule has 0 saturated carbocycles. The second-order valence-corrected chi connectivity index (χ2v) is 5.42. The Labute approximate surface area is 97.9 Å². The summed E-state index contributed by atoms with van der Waals surface area (Å²) in [5, 5.41) is 0. The van der Waals surface area contributed by atoms with E-state index in [2.05, 4.69) is 46.8 Å². The van der Waals surface area contributed by atoms with Gasteiger partial charge in [-0.3, -0.25) is 0 Å². The van der Waals surface area contributed by atoms with E-state index in [0.717, 1.165) is 24.7 Å². The zero-order chi connectivity index (χ0) is 11.8. The number of rotatable bonds is 7. The van der Waals surface area contributed by atoms with Crippen molar-refractivity contribution >= 4 is 7.85 Å². The average Bonchev–Trinajstić information content (AvgIpc) is 2.12. The van der Waals surface area contributed by atoms with Crippen molar-refractivity contribution in [1.29, 1.82) is 0 Å². The molecule has 86 valence electrons. The summed E-state index contributed by atoms with van der Waals surface area (Å²) in [5.41, 5.74) is 0. The minimum Gasteiger partial charge on any atom is -0.0917 e. The molecule has 0 aromatic heterocycles. The molecule has 0 rings (SSSR count). The maximum absolute atomic E-state index is 6.20. The highest BCUT2D eigenvalue weighted by Crippen LogP contribution is 2.28. The Morgan fingerprint density at radius 1 is 1.07 bits per heavy atom. The molecule has 0 heterocycles. The fourth-order valence-electron chi connectivity index (χ4n) is 2.12. The first-order valence-electron chi connectivity index (χ1n) is 6.34. The Balaban J connectivity index is 3.84. The van der Waals surface area contributed by atoms with Gasteiger partial charge in [-0.25, -0.2) is 0 Å². The molecule has 3 atom stereocenters. The van der Waals surface area contributed by atoms with Gasteiger partial charge in [0.1, 0.15) is 0 Å². The third-order valence-electron chi connectivity index (χ3n) is 3.02. The van der Waals surface area contributed by atoms with E-state index in [9.17, 15) is 0 Å². The normalized spacial score (nSPS) is 18.3. The summed E-state index contributed by atoms with van der Waals surface area (Å²) in [5.74, 6) is 2.51. The van der Waals surface area contributed by atoms with Gasteiger partial charge >= 0.3 is 0 Å². The molecule has 0 spiro atoms. The molecule has 0 amide bonds. The van der Waals surface area contributed by atoms with Crippen molar-refractivity contribution in [1.82, 2.24) is 0 Å². The number of hydrogen-bond donors (Lipinski definition) is 0. The minimum atomic E-state index is 0.356. The van der Waals surface area contributed by atoms with Crippen LogP contribution in [0.5, 0.6) is 0 Å². The third kappa shape index (κ3) is 7.70. The zero-order valence-electron chi connectivity index (χ0n) is 11.2. The topological polar surface area (TPSA) is 0 Å². The molecular formula is C14H27B. The molecule has 15 heavy (non-hydrogen) atoms. The van der Waals surface area contributed by atoms with E-state index in [1.807, 2.05) is 0 Å². The van der Waals surface area contributed by atoms with Crippen LogP contribution in [0.15, 0.2) is 12.2 Å². The molecule has 0 saturated heterocycles. The maximum Gasteiger partial charge on any atom is 0.0703 e. The SMILES string of the molecule is [B]C(CC(C)CC(C)C)C(C)C/C=C/C. The Kier molecular flexibility index (Phi) is 7.91. The van der Waals surface area contributed by atoms with E-state index in [1.165, 1.54) is 6.42 Å². The van der Waals surface area contributed by atoms with Crippen molar-refractivity contribution in [2.24, 2.45) is 17.8 Å². The summed E-state index contributed by atoms with van der Waals surface area (Å²) in [6.45, 7) is 11.2. The van der Waals surface area contributed by atoms with E-state index in [4.69, 9.17) is 7.85 Å². The first-order chi connectivity index (χ1) is 6.97. The summed E-state index contributed by atoms with van der Waals surface area (Å²) in [6.07, 6.45) is 7.91. The standard InChI is InChI=1S/C14H27B/c1-6-7-8-13(5)14(15)10-12(4)9-11(2)3/h6-7,11-14H,8-10H2,1-5H3/b7-6+. The van der Waals surface area contributed by atoms with Crippen LogP contribution in [0.3, 0.4) is 0 Å². The molecule has 3 unspecified atom stereocenters. The molecule has 0 aliphatic rings. The minimum absolute atomic E-state index is 0.356. The molecule has 0 nitrogen and oxygen atoms in total. The summed E-state index contributed by atoms with van der Waals surface area (Å²) in [6, 6.07) is 0. The molecule has 0 aliphatic carbocycles. The van der Waals surface area contributed by atoms with Gasteiger partial charge in [-0.05, 0) is 37.5 Å². The summed E-state index contributed by atoms with van der Waals surface area (Å²) in [7, 11) is 6.20. The fraction of sp³-hybridized carbons (Fsp3) is 0.857. The lowest BCUT2D eigenvalue weighted by Crippen LogP contribution is -2.11. The van der Waals surface area contributed by atoms with E-state index < -0.39 is 0 Å². The zero-order valence-corrected chi connectivity index (χ0v) is 11.2. The van der Waals surface area contributed by atoms with Crippen molar-refractivity contribution in [2.75, 3.05) is 0 Å². The van der Waals surface area contributed by atoms with Crippen molar-refractivity contribution < 1.29 is 0 Å². The van der Waals surface area contributed by atoms with Gasteiger partial charge in [-0.1, -0.05) is 52.1 Å². The van der Waals surface area contributed by atoms with Gasteiger partial charge in [0.2, 0.25) is 0 Å². The first-order valence-corrected chi connectivity index (χ1v) is 6.34. The van der Waals surface area contributed by atoms with Gasteiger partial charge in [-0.15, -0.1) is 0 Å². The van der Waals surface area contributed by atoms with Gasteiger partial charge in [0, 0.05) is 0 Å². The Hall–Kier alpha value is -0.195. The van der Waals surface area contributed by atoms with E-state index in [0.29, 0.717) is 11.7 Å². The van der Waals surface area contributed by atoms with Crippen molar-refractivity contribution in [3.63, 3.8) is 0 Å². The third-order valence-corrected chi connectivity index (χ3v) is 3.02. The molecule has 0 aromatic rings. The van der Waals surface area contributed by atoms with E-state index in [1.54, 1.807) is 0 Å². The number of hydrogen-bond acceptors (Lipinski definition) is 0. The van der Waals surface area contributed by atoms with Crippen LogP contribution in [-0.4, -0.2) is 7.85 Å². The molecular weight excluding hydrogens is 179 g/mol. The predicted molar refractivity (Wildman–Crippen MR) is 71.3 cm³/mol. The summed E-state index contributed by atoms with van der Waals surface area (Å²) >= 11 is 0. The van der Waals surface area contributed by atoms with Crippen molar-refractivity contribution in [3.8, 4) is 0 Å². The molecule has 0 aliphatic heterocycles. The summed E-state index contributed by atoms with van der Waals surface area (Å²) < 4.78 is 0. The second kappa shape index (κ2) is 8.02. The van der Waals surface area contributed by atoms with Crippen LogP contribution in [-0.2, 0) is 0 Å². The molecule has 1 heteroatoms. The van der Waals surface area contributed by atoms with Gasteiger partial charge in [0.15, 0.2) is 0 Å². The van der Waals surface area contributed by atoms with Gasteiger partial charge in [-0.2, -0.15) is 0 Å². The highest BCUT2D eigenvalue weighted by atomic mass is 14.2. The summed E-state index contributed by atoms with van der Waals surface area (Å²) in [4.78, 5) is 0. The maximum atomic E-state index is 6.20. The molecule has 0 aromatic carbocycles. The Morgan fingerprint density at radius 2 is 1.67 bits per heavy atom. The lowest BCUT2D eigenvalue weighted by molar-refractivity contribution is 0.373. The van der Waals surface area contributed by atoms with E-state index in [-0.39, 0.29) is 0 Å². The van der Waals surface area contributed by atoms with E-state index >= 15 is 0 Å². The van der Waals surface area contributed by atoms with Crippen LogP contribution in [0.4, 0.5) is 0 Å². The van der Waals surface area contributed by atoms with Crippen LogP contribution in [0, 0.1) is 17.8 Å². The van der Waals surface area contributed by atoms with Crippen LogP contribution >= 0.6 is 0 Å². The quantitative estimate of drug-likeness (QED) is 0.421. The largest absolute Gasteiger partial charge is 0.0917 e. The smallest absolute Gasteiger partial charge is 0.0703 e. The monoisotopic (exact) mass is 206 g/mol. The van der Waals surface area contributed by atoms with Gasteiger partial charge < -0.3 is 0 Å². The Morgan fingerprint density at radius 3 is 2.13 bits per heavy atom. The first kappa shape index (κ1) is 14.8. The van der Waals surface area contributed by atoms with Crippen molar-refractivity contribution in [3.05, 3.63) is 12.2 Å². The molecule has 2 radical (unpaired) electrons. The second-order valence-electron chi connectivity index (χ2n) is 5.42.